The van der Waals surface area contributed by atoms with E-state index < -0.39 is 6.09 Å². The van der Waals surface area contributed by atoms with E-state index in [0.29, 0.717) is 10.9 Å². The van der Waals surface area contributed by atoms with E-state index in [1.807, 2.05) is 0 Å². The van der Waals surface area contributed by atoms with Crippen LogP contribution in [0.2, 0.25) is 0 Å². The van der Waals surface area contributed by atoms with Crippen LogP contribution >= 0.6 is 11.8 Å². The van der Waals surface area contributed by atoms with Crippen molar-refractivity contribution in [2.24, 2.45) is 5.16 Å². The van der Waals surface area contributed by atoms with Crippen molar-refractivity contribution in [1.82, 2.24) is 10.2 Å². The predicted molar refractivity (Wildman–Crippen MR) is 48.2 cm³/mol. The highest BCUT2D eigenvalue weighted by molar-refractivity contribution is 8.15. The van der Waals surface area contributed by atoms with Crippen molar-refractivity contribution < 1.29 is 14.4 Å². The first kappa shape index (κ1) is 9.85. The third kappa shape index (κ3) is 2.35. The van der Waals surface area contributed by atoms with Crippen molar-refractivity contribution in [3.8, 4) is 0 Å². The summed E-state index contributed by atoms with van der Waals surface area (Å²) in [5, 5.41) is 6.13. The van der Waals surface area contributed by atoms with Gasteiger partial charge in [-0.15, -0.1) is 0 Å². The van der Waals surface area contributed by atoms with Crippen LogP contribution < -0.4 is 5.32 Å². The molecule has 1 fully saturated rings. The van der Waals surface area contributed by atoms with Crippen LogP contribution in [0.15, 0.2) is 5.16 Å². The van der Waals surface area contributed by atoms with Gasteiger partial charge in [-0.3, -0.25) is 14.5 Å². The lowest BCUT2D eigenvalue weighted by Crippen LogP contribution is -2.25. The first-order valence-electron chi connectivity index (χ1n) is 3.51. The van der Waals surface area contributed by atoms with E-state index in [2.05, 4.69) is 15.3 Å². The Kier molecular flexibility index (Phi) is 3.13. The van der Waals surface area contributed by atoms with Gasteiger partial charge in [0.2, 0.25) is 11.1 Å². The SMILES string of the molecule is CNC(=O)ON=C1SCC(=O)N1C. The smallest absolute Gasteiger partial charge is 0.323 e. The molecule has 2 amide bonds. The van der Waals surface area contributed by atoms with Gasteiger partial charge in [-0.05, 0) is 5.16 Å². The van der Waals surface area contributed by atoms with Crippen molar-refractivity contribution in [1.29, 1.82) is 0 Å². The maximum atomic E-state index is 11.0. The number of carbonyl (C=O) groups excluding carboxylic acids is 2. The number of amidine groups is 1. The monoisotopic (exact) mass is 203 g/mol. The van der Waals surface area contributed by atoms with Crippen molar-refractivity contribution in [2.45, 2.75) is 0 Å². The van der Waals surface area contributed by atoms with E-state index in [1.165, 1.54) is 23.7 Å². The van der Waals surface area contributed by atoms with Gasteiger partial charge in [-0.25, -0.2) is 4.79 Å². The molecule has 1 aliphatic rings. The average molecular weight is 203 g/mol. The molecule has 0 aromatic carbocycles. The van der Waals surface area contributed by atoms with Crippen molar-refractivity contribution in [3.05, 3.63) is 0 Å². The summed E-state index contributed by atoms with van der Waals surface area (Å²) in [7, 11) is 3.01. The minimum Gasteiger partial charge on any atom is -0.323 e. The zero-order valence-corrected chi connectivity index (χ0v) is 8.05. The lowest BCUT2D eigenvalue weighted by atomic mass is 10.6. The normalized spacial score (nSPS) is 19.4. The van der Waals surface area contributed by atoms with Gasteiger partial charge in [0.05, 0.1) is 5.75 Å². The second kappa shape index (κ2) is 4.13. The number of rotatable bonds is 1. The van der Waals surface area contributed by atoms with Gasteiger partial charge in [0.1, 0.15) is 0 Å². The molecule has 72 valence electrons. The van der Waals surface area contributed by atoms with Crippen LogP contribution in [0.4, 0.5) is 4.79 Å². The quantitative estimate of drug-likeness (QED) is 0.474. The Morgan fingerprint density at radius 3 is 2.92 bits per heavy atom. The Morgan fingerprint density at radius 2 is 2.46 bits per heavy atom. The fourth-order valence-corrected chi connectivity index (χ4v) is 1.47. The molecule has 1 saturated heterocycles. The van der Waals surface area contributed by atoms with Crippen LogP contribution in [0.5, 0.6) is 0 Å². The highest BCUT2D eigenvalue weighted by Gasteiger charge is 2.25. The van der Waals surface area contributed by atoms with E-state index in [4.69, 9.17) is 0 Å². The van der Waals surface area contributed by atoms with Gasteiger partial charge in [0.15, 0.2) is 0 Å². The number of amides is 2. The Morgan fingerprint density at radius 1 is 1.77 bits per heavy atom. The van der Waals surface area contributed by atoms with Crippen molar-refractivity contribution >= 4 is 28.9 Å². The number of hydrogen-bond acceptors (Lipinski definition) is 5. The zero-order chi connectivity index (χ0) is 9.84. The molecule has 0 spiro atoms. The van der Waals surface area contributed by atoms with Gasteiger partial charge < -0.3 is 5.32 Å². The minimum absolute atomic E-state index is 0.0516. The Bertz CT molecular complexity index is 266. The highest BCUT2D eigenvalue weighted by Crippen LogP contribution is 2.16. The number of carbonyl (C=O) groups is 2. The van der Waals surface area contributed by atoms with Gasteiger partial charge >= 0.3 is 6.09 Å². The summed E-state index contributed by atoms with van der Waals surface area (Å²) >= 11 is 1.23. The summed E-state index contributed by atoms with van der Waals surface area (Å²) < 4.78 is 0. The van der Waals surface area contributed by atoms with Gasteiger partial charge in [0, 0.05) is 14.1 Å². The molecule has 13 heavy (non-hydrogen) atoms. The molecule has 0 radical (unpaired) electrons. The van der Waals surface area contributed by atoms with Crippen LogP contribution in [0, 0.1) is 0 Å². The summed E-state index contributed by atoms with van der Waals surface area (Å²) in [5.41, 5.74) is 0. The summed E-state index contributed by atoms with van der Waals surface area (Å²) in [5.74, 6) is 0.288. The maximum Gasteiger partial charge on any atom is 0.433 e. The van der Waals surface area contributed by atoms with E-state index in [1.54, 1.807) is 7.05 Å². The standard InChI is InChI=1S/C6H9N3O3S/c1-7-6(11)12-8-5-9(2)4(10)3-13-5/h3H2,1-2H3,(H,7,11). The predicted octanol–water partition coefficient (Wildman–Crippen LogP) is -0.181. The van der Waals surface area contributed by atoms with E-state index in [9.17, 15) is 9.59 Å². The largest absolute Gasteiger partial charge is 0.433 e. The third-order valence-corrected chi connectivity index (χ3v) is 2.39. The van der Waals surface area contributed by atoms with Gasteiger partial charge in [0.25, 0.3) is 0 Å². The number of hydrogen-bond donors (Lipinski definition) is 1. The average Bonchev–Trinajstić information content (AvgIpc) is 2.44. The molecule has 0 unspecified atom stereocenters. The van der Waals surface area contributed by atoms with E-state index in [0.717, 1.165) is 0 Å². The molecular formula is C6H9N3O3S. The van der Waals surface area contributed by atoms with Crippen molar-refractivity contribution in [2.75, 3.05) is 19.8 Å². The van der Waals surface area contributed by atoms with E-state index >= 15 is 0 Å². The molecule has 6 nitrogen and oxygen atoms in total. The Hall–Kier alpha value is -1.24. The molecule has 7 heteroatoms. The number of nitrogens with zero attached hydrogens (tertiary/aromatic N) is 2. The molecule has 0 aromatic rings. The highest BCUT2D eigenvalue weighted by atomic mass is 32.2. The molecule has 0 aliphatic carbocycles. The molecule has 0 saturated carbocycles. The second-order valence-electron chi connectivity index (χ2n) is 2.24. The molecule has 1 N–H and O–H groups in total. The maximum absolute atomic E-state index is 11.0. The second-order valence-corrected chi connectivity index (χ2v) is 3.19. The van der Waals surface area contributed by atoms with Crippen LogP contribution in [-0.2, 0) is 9.63 Å². The summed E-state index contributed by atoms with van der Waals surface area (Å²) in [6, 6.07) is 0. The molecule has 0 aromatic heterocycles. The number of nitrogens with one attached hydrogen (secondary N) is 1. The first-order chi connectivity index (χ1) is 6.15. The van der Waals surface area contributed by atoms with Gasteiger partial charge in [-0.2, -0.15) is 0 Å². The van der Waals surface area contributed by atoms with Crippen LogP contribution in [0.3, 0.4) is 0 Å². The zero-order valence-electron chi connectivity index (χ0n) is 7.23. The van der Waals surface area contributed by atoms with Crippen molar-refractivity contribution in [3.63, 3.8) is 0 Å². The summed E-state index contributed by atoms with van der Waals surface area (Å²) in [6.45, 7) is 0. The lowest BCUT2D eigenvalue weighted by molar-refractivity contribution is -0.123. The van der Waals surface area contributed by atoms with E-state index in [-0.39, 0.29) is 5.91 Å². The number of thioether (sulfide) groups is 1. The molecule has 0 bridgehead atoms. The first-order valence-corrected chi connectivity index (χ1v) is 4.49. The molecular weight excluding hydrogens is 194 g/mol. The Balaban J connectivity index is 2.53. The Labute approximate surface area is 79.3 Å². The minimum atomic E-state index is -0.652. The summed E-state index contributed by atoms with van der Waals surface area (Å²) in [4.78, 5) is 27.3. The fraction of sp³-hybridized carbons (Fsp3) is 0.500. The molecule has 1 rings (SSSR count). The molecule has 0 atom stereocenters. The van der Waals surface area contributed by atoms with Crippen LogP contribution in [0.1, 0.15) is 0 Å². The van der Waals surface area contributed by atoms with Crippen LogP contribution in [0.25, 0.3) is 0 Å². The molecule has 1 aliphatic heterocycles. The lowest BCUT2D eigenvalue weighted by Gasteiger charge is -2.06. The summed E-state index contributed by atoms with van der Waals surface area (Å²) in [6.07, 6.45) is -0.652. The fourth-order valence-electron chi connectivity index (χ4n) is 0.640. The third-order valence-electron chi connectivity index (χ3n) is 1.40. The number of oxime groups is 1. The molecule has 1 heterocycles. The topological polar surface area (TPSA) is 71.0 Å². The van der Waals surface area contributed by atoms with Gasteiger partial charge in [-0.1, -0.05) is 11.8 Å². The van der Waals surface area contributed by atoms with Crippen LogP contribution in [-0.4, -0.2) is 41.9 Å².